The fourth-order valence-electron chi connectivity index (χ4n) is 4.54. The number of benzene rings is 2. The Labute approximate surface area is 241 Å². The van der Waals surface area contributed by atoms with E-state index in [1.165, 1.54) is 6.07 Å². The van der Waals surface area contributed by atoms with Crippen molar-refractivity contribution in [2.45, 2.75) is 19.1 Å². The van der Waals surface area contributed by atoms with E-state index in [0.29, 0.717) is 47.3 Å². The second-order valence-corrected chi connectivity index (χ2v) is 10.1. The Morgan fingerprint density at radius 1 is 1.00 bits per heavy atom. The van der Waals surface area contributed by atoms with Gasteiger partial charge in [-0.3, -0.25) is 9.20 Å². The Hall–Kier alpha value is -4.77. The van der Waals surface area contributed by atoms with Gasteiger partial charge in [-0.2, -0.15) is 13.2 Å². The first-order chi connectivity index (χ1) is 20.1. The van der Waals surface area contributed by atoms with Crippen molar-refractivity contribution in [2.75, 3.05) is 32.5 Å². The number of hydrogen-bond acceptors (Lipinski definition) is 6. The molecule has 216 valence electrons. The Morgan fingerprint density at radius 2 is 1.79 bits per heavy atom. The third kappa shape index (κ3) is 6.41. The van der Waals surface area contributed by atoms with Crippen LogP contribution in [-0.2, 0) is 6.18 Å². The number of carbonyl (C=O) groups is 1. The minimum Gasteiger partial charge on any atom is -0.351 e. The Balaban J connectivity index is 1.60. The van der Waals surface area contributed by atoms with Gasteiger partial charge in [0.25, 0.3) is 5.91 Å². The van der Waals surface area contributed by atoms with Crippen molar-refractivity contribution in [3.05, 3.63) is 102 Å². The first-order valence-electron chi connectivity index (χ1n) is 13.4. The van der Waals surface area contributed by atoms with E-state index in [-0.39, 0.29) is 17.5 Å². The summed E-state index contributed by atoms with van der Waals surface area (Å²) in [5.74, 6) is 0.0622. The van der Waals surface area contributed by atoms with Gasteiger partial charge in [0, 0.05) is 31.0 Å². The number of halogens is 3. The number of carbonyl (C=O) groups excluding carboxylic acids is 1. The number of anilines is 1. The number of imidazole rings is 1. The molecule has 0 spiro atoms. The number of hydrogen-bond donors (Lipinski definition) is 2. The molecule has 0 unspecified atom stereocenters. The minimum absolute atomic E-state index is 0.107. The smallest absolute Gasteiger partial charge is 0.351 e. The maximum absolute atomic E-state index is 13.6. The van der Waals surface area contributed by atoms with Gasteiger partial charge in [0.1, 0.15) is 5.65 Å². The molecule has 5 rings (SSSR count). The third-order valence-corrected chi connectivity index (χ3v) is 6.73. The lowest BCUT2D eigenvalue weighted by atomic mass is 10.0. The van der Waals surface area contributed by atoms with Crippen LogP contribution in [0.4, 0.5) is 19.1 Å². The Morgan fingerprint density at radius 3 is 2.52 bits per heavy atom. The van der Waals surface area contributed by atoms with Crippen molar-refractivity contribution in [3.8, 4) is 22.6 Å². The second-order valence-electron chi connectivity index (χ2n) is 10.1. The molecule has 0 bridgehead atoms. The zero-order chi connectivity index (χ0) is 29.9. The van der Waals surface area contributed by atoms with Gasteiger partial charge in [0.05, 0.1) is 34.3 Å². The molecule has 11 heteroatoms. The average molecular weight is 574 g/mol. The van der Waals surface area contributed by atoms with E-state index in [1.54, 1.807) is 41.1 Å². The van der Waals surface area contributed by atoms with E-state index >= 15 is 0 Å². The summed E-state index contributed by atoms with van der Waals surface area (Å²) in [7, 11) is 3.83. The minimum atomic E-state index is -4.52. The molecule has 2 N–H and O–H groups in total. The van der Waals surface area contributed by atoms with Crippen molar-refractivity contribution in [3.63, 3.8) is 0 Å². The van der Waals surface area contributed by atoms with Gasteiger partial charge in [-0.05, 0) is 56.9 Å². The highest BCUT2D eigenvalue weighted by molar-refractivity contribution is 5.94. The first-order valence-corrected chi connectivity index (χ1v) is 13.4. The van der Waals surface area contributed by atoms with Crippen LogP contribution in [0.2, 0.25) is 0 Å². The fourth-order valence-corrected chi connectivity index (χ4v) is 4.54. The van der Waals surface area contributed by atoms with Gasteiger partial charge in [0.15, 0.2) is 0 Å². The number of rotatable bonds is 9. The number of nitrogens with one attached hydrogen (secondary N) is 2. The number of nitrogens with zero attached hydrogens (tertiary/aromatic N) is 5. The van der Waals surface area contributed by atoms with Crippen LogP contribution in [0, 0.1) is 0 Å². The van der Waals surface area contributed by atoms with Gasteiger partial charge in [-0.1, -0.05) is 42.5 Å². The second kappa shape index (κ2) is 12.0. The Bertz CT molecular complexity index is 1700. The van der Waals surface area contributed by atoms with Crippen LogP contribution in [-0.4, -0.2) is 57.3 Å². The summed E-state index contributed by atoms with van der Waals surface area (Å²) in [6.07, 6.45) is -1.32. The zero-order valence-corrected chi connectivity index (χ0v) is 23.4. The normalized spacial score (nSPS) is 12.5. The molecule has 42 heavy (non-hydrogen) atoms. The molecule has 1 atom stereocenters. The Kier molecular flexibility index (Phi) is 8.21. The maximum Gasteiger partial charge on any atom is 0.416 e. The summed E-state index contributed by atoms with van der Waals surface area (Å²) in [5.41, 5.74) is 2.51. The van der Waals surface area contributed by atoms with Crippen LogP contribution in [0.3, 0.4) is 0 Å². The van der Waals surface area contributed by atoms with E-state index < -0.39 is 11.7 Å². The molecule has 0 aliphatic rings. The molecule has 2 aromatic carbocycles. The molecule has 0 aliphatic heterocycles. The molecule has 3 heterocycles. The molecule has 0 aliphatic carbocycles. The topological polar surface area (TPSA) is 87.4 Å². The number of amides is 1. The van der Waals surface area contributed by atoms with E-state index in [4.69, 9.17) is 4.98 Å². The van der Waals surface area contributed by atoms with Crippen LogP contribution in [0.25, 0.3) is 28.3 Å². The van der Waals surface area contributed by atoms with Crippen LogP contribution in [0.15, 0.2) is 85.2 Å². The monoisotopic (exact) mass is 573 g/mol. The number of alkyl halides is 3. The highest BCUT2D eigenvalue weighted by Gasteiger charge is 2.31. The SMILES string of the molecule is C[C@@H](Nc1nccc(-c2c(-c3cccc(C(F)(F)F)c3)nc3ccc(C(=O)NCCN(C)C)cn23)n1)c1ccccc1. The molecule has 3 aromatic heterocycles. The van der Waals surface area contributed by atoms with Gasteiger partial charge in [-0.15, -0.1) is 0 Å². The summed E-state index contributed by atoms with van der Waals surface area (Å²) >= 11 is 0. The third-order valence-electron chi connectivity index (χ3n) is 6.73. The van der Waals surface area contributed by atoms with E-state index in [0.717, 1.165) is 17.7 Å². The van der Waals surface area contributed by atoms with Crippen LogP contribution >= 0.6 is 0 Å². The molecular formula is C31H30F3N7O. The molecule has 5 aromatic rings. The highest BCUT2D eigenvalue weighted by Crippen LogP contribution is 2.36. The summed E-state index contributed by atoms with van der Waals surface area (Å²) < 4.78 is 42.5. The summed E-state index contributed by atoms with van der Waals surface area (Å²) in [6.45, 7) is 3.10. The highest BCUT2D eigenvalue weighted by atomic mass is 19.4. The summed E-state index contributed by atoms with van der Waals surface area (Å²) in [5, 5.41) is 6.18. The molecule has 0 saturated carbocycles. The molecule has 1 amide bonds. The van der Waals surface area contributed by atoms with Crippen molar-refractivity contribution < 1.29 is 18.0 Å². The van der Waals surface area contributed by atoms with Crippen molar-refractivity contribution in [1.29, 1.82) is 0 Å². The van der Waals surface area contributed by atoms with Gasteiger partial charge >= 0.3 is 6.18 Å². The van der Waals surface area contributed by atoms with Crippen LogP contribution in [0.1, 0.15) is 34.5 Å². The quantitative estimate of drug-likeness (QED) is 0.227. The zero-order valence-electron chi connectivity index (χ0n) is 23.4. The molecule has 0 saturated heterocycles. The number of likely N-dealkylation sites (N-methyl/N-ethyl adjacent to an activating group) is 1. The molecular weight excluding hydrogens is 543 g/mol. The summed E-state index contributed by atoms with van der Waals surface area (Å²) in [4.78, 5) is 28.7. The fraction of sp³-hybridized carbons (Fsp3) is 0.226. The van der Waals surface area contributed by atoms with Crippen molar-refractivity contribution in [2.24, 2.45) is 0 Å². The van der Waals surface area contributed by atoms with Gasteiger partial charge in [-0.25, -0.2) is 15.0 Å². The van der Waals surface area contributed by atoms with E-state index in [9.17, 15) is 18.0 Å². The lowest BCUT2D eigenvalue weighted by molar-refractivity contribution is -0.137. The molecule has 0 fully saturated rings. The summed E-state index contributed by atoms with van der Waals surface area (Å²) in [6, 6.07) is 19.7. The first kappa shape index (κ1) is 28.7. The maximum atomic E-state index is 13.6. The van der Waals surface area contributed by atoms with Crippen molar-refractivity contribution >= 4 is 17.5 Å². The van der Waals surface area contributed by atoms with Crippen LogP contribution < -0.4 is 10.6 Å². The van der Waals surface area contributed by atoms with E-state index in [2.05, 4.69) is 20.6 Å². The average Bonchev–Trinajstić information content (AvgIpc) is 3.36. The molecule has 8 nitrogen and oxygen atoms in total. The lowest BCUT2D eigenvalue weighted by Crippen LogP contribution is -2.31. The van der Waals surface area contributed by atoms with E-state index in [1.807, 2.05) is 56.3 Å². The largest absolute Gasteiger partial charge is 0.416 e. The predicted octanol–water partition coefficient (Wildman–Crippen LogP) is 5.94. The number of aromatic nitrogens is 4. The lowest BCUT2D eigenvalue weighted by Gasteiger charge is -2.15. The molecule has 0 radical (unpaired) electrons. The number of fused-ring (bicyclic) bond motifs is 1. The standard InChI is InChI=1S/C31H30F3N7O/c1-20(21-8-5-4-6-9-21)37-30-36-15-14-25(38-30)28-27(22-10-7-11-24(18-22)31(32,33)34)39-26-13-12-23(19-41(26)28)29(42)35-16-17-40(2)3/h4-15,18-20H,16-17H2,1-3H3,(H,35,42)(H,36,37,38)/t20-/m1/s1. The van der Waals surface area contributed by atoms with Crippen LogP contribution in [0.5, 0.6) is 0 Å². The number of pyridine rings is 1. The van der Waals surface area contributed by atoms with Gasteiger partial charge < -0.3 is 15.5 Å². The van der Waals surface area contributed by atoms with Crippen molar-refractivity contribution in [1.82, 2.24) is 29.6 Å². The predicted molar refractivity (Wildman–Crippen MR) is 156 cm³/mol. The van der Waals surface area contributed by atoms with Gasteiger partial charge in [0.2, 0.25) is 5.95 Å².